The van der Waals surface area contributed by atoms with Gasteiger partial charge >= 0.3 is 6.03 Å². The molecule has 0 aliphatic carbocycles. The monoisotopic (exact) mass is 663 g/mol. The van der Waals surface area contributed by atoms with E-state index in [4.69, 9.17) is 23.2 Å². The highest BCUT2D eigenvalue weighted by Crippen LogP contribution is 2.60. The van der Waals surface area contributed by atoms with E-state index in [1.807, 2.05) is 29.2 Å². The number of hydrogen-bond acceptors (Lipinski definition) is 4. The van der Waals surface area contributed by atoms with Gasteiger partial charge in [0.05, 0.1) is 12.6 Å². The first-order valence-corrected chi connectivity index (χ1v) is 16.7. The molecular formula is C35H36Cl2FN5O3. The summed E-state index contributed by atoms with van der Waals surface area (Å²) >= 11 is 12.9. The minimum Gasteiger partial charge on any atom is -0.342 e. The number of carbonyl (C=O) groups excluding carboxylic acids is 3. The third kappa shape index (κ3) is 5.42. The van der Waals surface area contributed by atoms with Gasteiger partial charge in [-0.05, 0) is 72.4 Å². The molecule has 8 nitrogen and oxygen atoms in total. The average molecular weight is 665 g/mol. The first-order valence-electron chi connectivity index (χ1n) is 15.9. The molecule has 7 rings (SSSR count). The Morgan fingerprint density at radius 1 is 0.826 bits per heavy atom. The van der Waals surface area contributed by atoms with Crippen molar-refractivity contribution in [2.75, 3.05) is 57.7 Å². The van der Waals surface area contributed by atoms with Crippen LogP contribution in [-0.4, -0.2) is 89.8 Å². The lowest BCUT2D eigenvalue weighted by Gasteiger charge is -2.53. The quantitative estimate of drug-likeness (QED) is 0.377. The molecule has 11 heteroatoms. The lowest BCUT2D eigenvalue weighted by molar-refractivity contribution is -0.131. The molecule has 3 saturated heterocycles. The van der Waals surface area contributed by atoms with E-state index in [0.717, 1.165) is 31.5 Å². The van der Waals surface area contributed by atoms with E-state index in [9.17, 15) is 18.8 Å². The molecule has 3 fully saturated rings. The molecule has 1 N–H and O–H groups in total. The number of fused-ring (bicyclic) bond motifs is 2. The van der Waals surface area contributed by atoms with Crippen LogP contribution in [0.15, 0.2) is 66.7 Å². The zero-order chi connectivity index (χ0) is 32.0. The van der Waals surface area contributed by atoms with Gasteiger partial charge in [-0.25, -0.2) is 9.18 Å². The summed E-state index contributed by atoms with van der Waals surface area (Å²) in [6.07, 6.45) is 2.58. The van der Waals surface area contributed by atoms with Crippen molar-refractivity contribution in [3.63, 3.8) is 0 Å². The molecular weight excluding hydrogens is 628 g/mol. The summed E-state index contributed by atoms with van der Waals surface area (Å²) in [5.74, 6) is -0.957. The van der Waals surface area contributed by atoms with Crippen LogP contribution in [0.1, 0.15) is 47.9 Å². The molecule has 0 radical (unpaired) electrons. The van der Waals surface area contributed by atoms with Gasteiger partial charge in [-0.3, -0.25) is 14.5 Å². The molecule has 3 aromatic rings. The third-order valence-electron chi connectivity index (χ3n) is 10.1. The third-order valence-corrected chi connectivity index (χ3v) is 10.6. The number of anilines is 1. The number of benzene rings is 3. The second kappa shape index (κ2) is 12.5. The predicted octanol–water partition coefficient (Wildman–Crippen LogP) is 5.91. The van der Waals surface area contributed by atoms with Gasteiger partial charge in [-0.1, -0.05) is 53.5 Å². The number of halogens is 3. The largest absolute Gasteiger partial charge is 0.342 e. The lowest BCUT2D eigenvalue weighted by atomic mass is 9.59. The van der Waals surface area contributed by atoms with E-state index < -0.39 is 17.3 Å². The Kier molecular flexibility index (Phi) is 8.42. The van der Waals surface area contributed by atoms with Crippen LogP contribution < -0.4 is 5.32 Å². The van der Waals surface area contributed by atoms with Gasteiger partial charge in [0.15, 0.2) is 0 Å². The number of hydrogen-bond donors (Lipinski definition) is 1. The van der Waals surface area contributed by atoms with Crippen molar-refractivity contribution in [3.05, 3.63) is 99.3 Å². The van der Waals surface area contributed by atoms with Gasteiger partial charge in [-0.2, -0.15) is 0 Å². The van der Waals surface area contributed by atoms with Gasteiger partial charge in [0.1, 0.15) is 11.2 Å². The molecule has 4 heterocycles. The molecule has 4 aliphatic heterocycles. The Labute approximate surface area is 278 Å². The number of nitrogens with zero attached hydrogens (tertiary/aromatic N) is 4. The van der Waals surface area contributed by atoms with Crippen LogP contribution in [0.25, 0.3) is 0 Å². The number of nitrogens with one attached hydrogen (secondary N) is 1. The summed E-state index contributed by atoms with van der Waals surface area (Å²) in [5.41, 5.74) is 1.40. The normalized spacial score (nSPS) is 24.8. The lowest BCUT2D eigenvalue weighted by Crippen LogP contribution is -2.61. The number of piperidine rings is 1. The summed E-state index contributed by atoms with van der Waals surface area (Å²) in [4.78, 5) is 49.5. The van der Waals surface area contributed by atoms with Crippen LogP contribution in [-0.2, 0) is 15.0 Å². The van der Waals surface area contributed by atoms with E-state index in [0.29, 0.717) is 72.5 Å². The molecule has 240 valence electrons. The number of likely N-dealkylation sites (tertiary alicyclic amines) is 2. The van der Waals surface area contributed by atoms with Gasteiger partial charge in [0.2, 0.25) is 11.8 Å². The first kappa shape index (κ1) is 31.0. The second-order valence-corrected chi connectivity index (χ2v) is 13.6. The maximum Gasteiger partial charge on any atom is 0.320 e. The molecule has 1 spiro atoms. The van der Waals surface area contributed by atoms with E-state index in [1.165, 1.54) is 12.1 Å². The summed E-state index contributed by atoms with van der Waals surface area (Å²) in [5, 5.41) is 4.09. The summed E-state index contributed by atoms with van der Waals surface area (Å²) in [6.45, 7) is 4.36. The maximum atomic E-state index is 15.0. The van der Waals surface area contributed by atoms with Crippen molar-refractivity contribution < 1.29 is 18.8 Å². The smallest absolute Gasteiger partial charge is 0.320 e. The Balaban J connectivity index is 1.26. The van der Waals surface area contributed by atoms with Crippen LogP contribution in [0, 0.1) is 5.82 Å². The van der Waals surface area contributed by atoms with Crippen molar-refractivity contribution in [1.82, 2.24) is 19.6 Å². The molecule has 0 aromatic heterocycles. The fraction of sp³-hybridized carbons (Fsp3) is 0.400. The minimum atomic E-state index is -1.30. The molecule has 0 saturated carbocycles. The highest BCUT2D eigenvalue weighted by Gasteiger charge is 2.62. The van der Waals surface area contributed by atoms with E-state index >= 15 is 0 Å². The molecule has 46 heavy (non-hydrogen) atoms. The highest BCUT2D eigenvalue weighted by atomic mass is 35.5. The number of amides is 4. The molecule has 0 bridgehead atoms. The van der Waals surface area contributed by atoms with Gasteiger partial charge < -0.3 is 20.0 Å². The fourth-order valence-corrected chi connectivity index (χ4v) is 8.39. The Morgan fingerprint density at radius 2 is 1.54 bits per heavy atom. The van der Waals surface area contributed by atoms with Crippen molar-refractivity contribution in [2.45, 2.75) is 36.6 Å². The topological polar surface area (TPSA) is 76.2 Å². The zero-order valence-corrected chi connectivity index (χ0v) is 26.9. The van der Waals surface area contributed by atoms with Crippen molar-refractivity contribution in [3.8, 4) is 0 Å². The molecule has 4 amide bonds. The van der Waals surface area contributed by atoms with E-state index in [2.05, 4.69) is 10.2 Å². The second-order valence-electron chi connectivity index (χ2n) is 12.7. The first-order chi connectivity index (χ1) is 22.3. The van der Waals surface area contributed by atoms with Crippen LogP contribution in [0.5, 0.6) is 0 Å². The Bertz CT molecular complexity index is 1680. The maximum absolute atomic E-state index is 15.0. The highest BCUT2D eigenvalue weighted by molar-refractivity contribution is 6.31. The average Bonchev–Trinajstić information content (AvgIpc) is 3.68. The number of rotatable bonds is 4. The van der Waals surface area contributed by atoms with Crippen molar-refractivity contribution >= 4 is 46.7 Å². The van der Waals surface area contributed by atoms with Crippen molar-refractivity contribution in [1.29, 1.82) is 0 Å². The van der Waals surface area contributed by atoms with Gasteiger partial charge in [0.25, 0.3) is 0 Å². The van der Waals surface area contributed by atoms with Crippen LogP contribution in [0.2, 0.25) is 10.0 Å². The summed E-state index contributed by atoms with van der Waals surface area (Å²) in [7, 11) is 0. The van der Waals surface area contributed by atoms with Crippen molar-refractivity contribution in [2.24, 2.45) is 0 Å². The number of urea groups is 1. The van der Waals surface area contributed by atoms with E-state index in [1.54, 1.807) is 40.1 Å². The molecule has 4 aliphatic rings. The fourth-order valence-electron chi connectivity index (χ4n) is 8.02. The zero-order valence-electron chi connectivity index (χ0n) is 25.4. The van der Waals surface area contributed by atoms with Gasteiger partial charge in [-0.15, -0.1) is 0 Å². The summed E-state index contributed by atoms with van der Waals surface area (Å²) in [6, 6.07) is 18.0. The number of piperazine rings is 1. The molecule has 3 atom stereocenters. The van der Waals surface area contributed by atoms with Crippen LogP contribution in [0.4, 0.5) is 14.9 Å². The minimum absolute atomic E-state index is 0.138. The van der Waals surface area contributed by atoms with Gasteiger partial charge in [0, 0.05) is 67.5 Å². The Hall–Kier alpha value is -3.66. The predicted molar refractivity (Wildman–Crippen MR) is 176 cm³/mol. The number of carbonyl (C=O) groups is 3. The molecule has 3 unspecified atom stereocenters. The van der Waals surface area contributed by atoms with Crippen LogP contribution in [0.3, 0.4) is 0 Å². The standard InChI is InChI=1S/C35H36Cl2FN5O3/c36-25-7-3-5-23(19-25)28-11-14-43(34(46)42-17-15-40(16-18-42)22-31(44)41-12-1-2-13-41)32(24-6-4-8-27(38)20-24)35(28)29-10-9-26(37)21-30(29)39-33(35)45/h3-10,19-21,28,32H,1-2,11-18,22H2,(H,39,45). The van der Waals surface area contributed by atoms with E-state index in [-0.39, 0.29) is 23.8 Å². The van der Waals surface area contributed by atoms with Crippen LogP contribution >= 0.6 is 23.2 Å². The summed E-state index contributed by atoms with van der Waals surface area (Å²) < 4.78 is 15.0. The SMILES string of the molecule is O=C(CN1CCN(C(=O)N2CCC(c3cccc(Cl)c3)C3(C(=O)Nc4cc(Cl)ccc43)C2c2cccc(F)c2)CC1)N1CCCC1. The Morgan fingerprint density at radius 3 is 2.28 bits per heavy atom. The molecule has 3 aromatic carbocycles.